The zero-order chi connectivity index (χ0) is 19.3. The first kappa shape index (κ1) is 19.0. The first-order valence-electron chi connectivity index (χ1n) is 10.0. The van der Waals surface area contributed by atoms with Crippen LogP contribution in [0.4, 0.5) is 5.95 Å². The van der Waals surface area contributed by atoms with E-state index >= 15 is 0 Å². The fraction of sp³-hybridized carbons (Fsp3) is 0.524. The van der Waals surface area contributed by atoms with Crippen molar-refractivity contribution >= 4 is 5.95 Å². The Morgan fingerprint density at radius 2 is 2.11 bits per heavy atom. The van der Waals surface area contributed by atoms with Crippen LogP contribution in [0.15, 0.2) is 35.1 Å². The van der Waals surface area contributed by atoms with Gasteiger partial charge in [-0.1, -0.05) is 12.1 Å². The fourth-order valence-corrected chi connectivity index (χ4v) is 4.07. The number of aromatic amines is 1. The number of aromatic nitrogens is 2. The molecule has 2 aromatic rings. The first-order chi connectivity index (χ1) is 13.7. The number of rotatable bonds is 5. The monoisotopic (exact) mass is 384 g/mol. The molecule has 2 aliphatic rings. The first-order valence-corrected chi connectivity index (χ1v) is 10.0. The largest absolute Gasteiger partial charge is 0.497 e. The van der Waals surface area contributed by atoms with Crippen molar-refractivity contribution in [1.82, 2.24) is 14.9 Å². The second-order valence-electron chi connectivity index (χ2n) is 7.52. The van der Waals surface area contributed by atoms with Crippen molar-refractivity contribution in [2.75, 3.05) is 51.4 Å². The summed E-state index contributed by atoms with van der Waals surface area (Å²) >= 11 is 0. The van der Waals surface area contributed by atoms with Crippen LogP contribution in [-0.4, -0.2) is 61.4 Å². The summed E-state index contributed by atoms with van der Waals surface area (Å²) in [6, 6.07) is 9.89. The lowest BCUT2D eigenvalue weighted by molar-refractivity contribution is 0.122. The standard InChI is InChI=1S/C21H28N4O3/c1-27-18-6-2-4-16(12-18)14-24-7-3-5-17(15-24)19-13-20(26)23-21(22-19)25-8-10-28-11-9-25/h2,4,6,12-13,17H,3,5,7-11,14-15H2,1H3,(H,22,23,26). The number of hydrogen-bond donors (Lipinski definition) is 1. The van der Waals surface area contributed by atoms with E-state index in [2.05, 4.69) is 26.9 Å². The van der Waals surface area contributed by atoms with Crippen LogP contribution in [0.1, 0.15) is 30.0 Å². The molecule has 0 radical (unpaired) electrons. The molecule has 7 nitrogen and oxygen atoms in total. The van der Waals surface area contributed by atoms with E-state index in [0.29, 0.717) is 19.2 Å². The van der Waals surface area contributed by atoms with Gasteiger partial charge in [-0.05, 0) is 37.1 Å². The molecule has 2 saturated heterocycles. The van der Waals surface area contributed by atoms with Crippen LogP contribution in [0.3, 0.4) is 0 Å². The molecule has 0 amide bonds. The van der Waals surface area contributed by atoms with Gasteiger partial charge in [-0.2, -0.15) is 0 Å². The molecule has 2 aliphatic heterocycles. The highest BCUT2D eigenvalue weighted by molar-refractivity contribution is 5.32. The summed E-state index contributed by atoms with van der Waals surface area (Å²) in [4.78, 5) is 24.5. The molecule has 0 bridgehead atoms. The van der Waals surface area contributed by atoms with Gasteiger partial charge in [-0.25, -0.2) is 4.98 Å². The normalized spacial score (nSPS) is 20.9. The van der Waals surface area contributed by atoms with Gasteiger partial charge in [0.2, 0.25) is 5.95 Å². The van der Waals surface area contributed by atoms with E-state index in [-0.39, 0.29) is 11.5 Å². The van der Waals surface area contributed by atoms with Crippen LogP contribution in [0.25, 0.3) is 0 Å². The number of benzene rings is 1. The number of methoxy groups -OCH3 is 1. The molecule has 2 fully saturated rings. The molecule has 28 heavy (non-hydrogen) atoms. The summed E-state index contributed by atoms with van der Waals surface area (Å²) in [6.45, 7) is 5.73. The summed E-state index contributed by atoms with van der Waals surface area (Å²) in [5.74, 6) is 1.84. The lowest BCUT2D eigenvalue weighted by Gasteiger charge is -2.33. The molecule has 1 aromatic heterocycles. The van der Waals surface area contributed by atoms with Gasteiger partial charge >= 0.3 is 0 Å². The number of anilines is 1. The minimum absolute atomic E-state index is 0.0728. The van der Waals surface area contributed by atoms with Gasteiger partial charge in [0.15, 0.2) is 0 Å². The Bertz CT molecular complexity index is 848. The third kappa shape index (κ3) is 4.54. The van der Waals surface area contributed by atoms with Crippen molar-refractivity contribution in [3.63, 3.8) is 0 Å². The van der Waals surface area contributed by atoms with Crippen LogP contribution < -0.4 is 15.2 Å². The average Bonchev–Trinajstić information content (AvgIpc) is 2.74. The van der Waals surface area contributed by atoms with Crippen molar-refractivity contribution in [3.8, 4) is 5.75 Å². The number of hydrogen-bond acceptors (Lipinski definition) is 6. The van der Waals surface area contributed by atoms with Gasteiger partial charge in [0, 0.05) is 38.2 Å². The molecule has 3 heterocycles. The number of ether oxygens (including phenoxy) is 2. The van der Waals surface area contributed by atoms with Crippen molar-refractivity contribution < 1.29 is 9.47 Å². The highest BCUT2D eigenvalue weighted by Gasteiger charge is 2.24. The second kappa shape index (κ2) is 8.75. The predicted molar refractivity (Wildman–Crippen MR) is 108 cm³/mol. The van der Waals surface area contributed by atoms with E-state index in [1.54, 1.807) is 13.2 Å². The van der Waals surface area contributed by atoms with Crippen LogP contribution in [-0.2, 0) is 11.3 Å². The molecule has 1 N–H and O–H groups in total. The lowest BCUT2D eigenvalue weighted by atomic mass is 9.94. The van der Waals surface area contributed by atoms with Crippen LogP contribution >= 0.6 is 0 Å². The molecule has 0 spiro atoms. The third-order valence-corrected chi connectivity index (χ3v) is 5.52. The van der Waals surface area contributed by atoms with E-state index < -0.39 is 0 Å². The van der Waals surface area contributed by atoms with E-state index in [9.17, 15) is 4.79 Å². The number of likely N-dealkylation sites (tertiary alicyclic amines) is 1. The maximum Gasteiger partial charge on any atom is 0.252 e. The van der Waals surface area contributed by atoms with Gasteiger partial charge in [0.25, 0.3) is 5.56 Å². The topological polar surface area (TPSA) is 70.7 Å². The fourth-order valence-electron chi connectivity index (χ4n) is 4.07. The maximum absolute atomic E-state index is 12.3. The SMILES string of the molecule is COc1cccc(CN2CCCC(c3cc(=O)[nH]c(N4CCOCC4)n3)C2)c1. The third-order valence-electron chi connectivity index (χ3n) is 5.52. The van der Waals surface area contributed by atoms with Crippen LogP contribution in [0.2, 0.25) is 0 Å². The van der Waals surface area contributed by atoms with Gasteiger partial charge < -0.3 is 14.4 Å². The van der Waals surface area contributed by atoms with Crippen molar-refractivity contribution in [2.45, 2.75) is 25.3 Å². The molecule has 0 saturated carbocycles. The average molecular weight is 384 g/mol. The van der Waals surface area contributed by atoms with E-state index in [0.717, 1.165) is 57.0 Å². The van der Waals surface area contributed by atoms with Gasteiger partial charge in [0.1, 0.15) is 5.75 Å². The Hall–Kier alpha value is -2.38. The maximum atomic E-state index is 12.3. The van der Waals surface area contributed by atoms with Gasteiger partial charge in [-0.15, -0.1) is 0 Å². The van der Waals surface area contributed by atoms with Crippen molar-refractivity contribution in [1.29, 1.82) is 0 Å². The number of nitrogens with one attached hydrogen (secondary N) is 1. The highest BCUT2D eigenvalue weighted by atomic mass is 16.5. The molecular weight excluding hydrogens is 356 g/mol. The van der Waals surface area contributed by atoms with E-state index in [1.165, 1.54) is 5.56 Å². The van der Waals surface area contributed by atoms with Gasteiger partial charge in [-0.3, -0.25) is 14.7 Å². The minimum Gasteiger partial charge on any atom is -0.497 e. The highest BCUT2D eigenvalue weighted by Crippen LogP contribution is 2.27. The molecule has 1 atom stereocenters. The van der Waals surface area contributed by atoms with Crippen LogP contribution in [0.5, 0.6) is 5.75 Å². The lowest BCUT2D eigenvalue weighted by Crippen LogP contribution is -2.39. The summed E-state index contributed by atoms with van der Waals surface area (Å²) < 4.78 is 10.7. The zero-order valence-electron chi connectivity index (χ0n) is 16.4. The second-order valence-corrected chi connectivity index (χ2v) is 7.52. The Morgan fingerprint density at radius 3 is 2.93 bits per heavy atom. The van der Waals surface area contributed by atoms with Gasteiger partial charge in [0.05, 0.1) is 26.0 Å². The Morgan fingerprint density at radius 1 is 1.25 bits per heavy atom. The molecular formula is C21H28N4O3. The molecule has 1 aromatic carbocycles. The zero-order valence-corrected chi connectivity index (χ0v) is 16.4. The molecule has 7 heteroatoms. The molecule has 4 rings (SSSR count). The summed E-state index contributed by atoms with van der Waals surface area (Å²) in [7, 11) is 1.70. The summed E-state index contributed by atoms with van der Waals surface area (Å²) in [5, 5.41) is 0. The molecule has 1 unspecified atom stereocenters. The minimum atomic E-state index is -0.0728. The number of nitrogens with zero attached hydrogens (tertiary/aromatic N) is 3. The quantitative estimate of drug-likeness (QED) is 0.850. The van der Waals surface area contributed by atoms with E-state index in [4.69, 9.17) is 14.5 Å². The molecule has 150 valence electrons. The van der Waals surface area contributed by atoms with Crippen molar-refractivity contribution in [2.24, 2.45) is 0 Å². The summed E-state index contributed by atoms with van der Waals surface area (Å²) in [5.41, 5.74) is 2.07. The Kier molecular flexibility index (Phi) is 5.92. The predicted octanol–water partition coefficient (Wildman–Crippen LogP) is 1.99. The van der Waals surface area contributed by atoms with E-state index in [1.807, 2.05) is 12.1 Å². The summed E-state index contributed by atoms with van der Waals surface area (Å²) in [6.07, 6.45) is 2.17. The van der Waals surface area contributed by atoms with Crippen molar-refractivity contribution in [3.05, 3.63) is 51.9 Å². The number of morpholine rings is 1. The number of piperidine rings is 1. The smallest absolute Gasteiger partial charge is 0.252 e. The Labute approximate surface area is 165 Å². The molecule has 0 aliphatic carbocycles. The van der Waals surface area contributed by atoms with Crippen LogP contribution in [0, 0.1) is 0 Å². The number of H-pyrrole nitrogens is 1. The Balaban J connectivity index is 1.48.